The number of aliphatic hydroxyl groups excluding tert-OH is 2. The van der Waals surface area contributed by atoms with Crippen LogP contribution in [0.4, 0.5) is 0 Å². The first-order chi connectivity index (χ1) is 12.2. The van der Waals surface area contributed by atoms with Crippen molar-refractivity contribution in [3.05, 3.63) is 0 Å². The Labute approximate surface area is 196 Å². The molecule has 0 aromatic carbocycles. The van der Waals surface area contributed by atoms with E-state index in [1.807, 2.05) is 0 Å². The second kappa shape index (κ2) is 26.6. The molecule has 6 heteroatoms. The Morgan fingerprint density at radius 3 is 1.52 bits per heavy atom. The van der Waals surface area contributed by atoms with Gasteiger partial charge in [0, 0.05) is 6.42 Å². The molecule has 0 aromatic rings. The minimum absolute atomic E-state index is 0. The van der Waals surface area contributed by atoms with E-state index in [1.165, 1.54) is 83.5 Å². The molecule has 1 atom stereocenters. The van der Waals surface area contributed by atoms with E-state index in [-0.39, 0.29) is 62.4 Å². The zero-order chi connectivity index (χ0) is 18.6. The average Bonchev–Trinajstić information content (AvgIpc) is 2.62. The Kier molecular flexibility index (Phi) is 31.8. The molecule has 5 nitrogen and oxygen atoms in total. The van der Waals surface area contributed by atoms with Crippen molar-refractivity contribution in [1.82, 2.24) is 0 Å². The van der Waals surface area contributed by atoms with Crippen molar-refractivity contribution in [2.75, 3.05) is 13.2 Å². The standard InChI is InChI=1S/C21H42O4.Ca.H2O.2H/c1-2-3-4-5-6-7-8-9-10-11-12-13-14-15-16-17-21(24)25-19-20(23)18-22;;;;/h20,22-23H,2-19H2,1H3;;1H2;;. The van der Waals surface area contributed by atoms with Crippen molar-refractivity contribution in [3.8, 4) is 0 Å². The maximum atomic E-state index is 11.4. The average molecular weight is 419 g/mol. The first kappa shape index (κ1) is 32.3. The Balaban J connectivity index is -0.00000288. The first-order valence-corrected chi connectivity index (χ1v) is 10.6. The number of aliphatic hydroxyl groups is 2. The van der Waals surface area contributed by atoms with Crippen LogP contribution in [0.5, 0.6) is 0 Å². The SMILES string of the molecule is CCCCCCCCCCCCCCCCCC(=O)OCC(O)CO.O.[CaH2]. The van der Waals surface area contributed by atoms with Gasteiger partial charge in [0.2, 0.25) is 0 Å². The van der Waals surface area contributed by atoms with Gasteiger partial charge in [0.15, 0.2) is 0 Å². The Morgan fingerprint density at radius 1 is 0.778 bits per heavy atom. The number of unbranched alkanes of at least 4 members (excludes halogenated alkanes) is 14. The molecular formula is C21H46CaO5. The predicted octanol–water partition coefficient (Wildman–Crippen LogP) is 3.40. The number of esters is 1. The van der Waals surface area contributed by atoms with Gasteiger partial charge in [-0.2, -0.15) is 0 Å². The second-order valence-corrected chi connectivity index (χ2v) is 7.22. The fourth-order valence-electron chi connectivity index (χ4n) is 2.95. The molecule has 1 unspecified atom stereocenters. The molecule has 0 radical (unpaired) electrons. The zero-order valence-electron chi connectivity index (χ0n) is 17.0. The summed E-state index contributed by atoms with van der Waals surface area (Å²) in [6.45, 7) is 1.79. The maximum absolute atomic E-state index is 11.4. The van der Waals surface area contributed by atoms with E-state index in [4.69, 9.17) is 14.9 Å². The summed E-state index contributed by atoms with van der Waals surface area (Å²) in [6.07, 6.45) is 19.0. The molecule has 0 bridgehead atoms. The number of hydrogen-bond donors (Lipinski definition) is 2. The molecule has 0 amide bonds. The van der Waals surface area contributed by atoms with E-state index in [9.17, 15) is 4.79 Å². The van der Waals surface area contributed by atoms with E-state index in [0.29, 0.717) is 6.42 Å². The summed E-state index contributed by atoms with van der Waals surface area (Å²) in [5.74, 6) is -0.276. The Bertz CT molecular complexity index is 290. The van der Waals surface area contributed by atoms with Crippen LogP contribution in [0.2, 0.25) is 0 Å². The van der Waals surface area contributed by atoms with Gasteiger partial charge in [-0.05, 0) is 6.42 Å². The van der Waals surface area contributed by atoms with Gasteiger partial charge in [0.25, 0.3) is 0 Å². The van der Waals surface area contributed by atoms with Crippen LogP contribution in [0.15, 0.2) is 0 Å². The zero-order valence-corrected chi connectivity index (χ0v) is 17.0. The number of carbonyl (C=O) groups excluding carboxylic acids is 1. The van der Waals surface area contributed by atoms with Gasteiger partial charge in [-0.3, -0.25) is 4.79 Å². The third kappa shape index (κ3) is 26.6. The third-order valence-electron chi connectivity index (χ3n) is 4.63. The normalized spacial score (nSPS) is 11.4. The van der Waals surface area contributed by atoms with E-state index >= 15 is 0 Å². The molecule has 4 N–H and O–H groups in total. The predicted molar refractivity (Wildman–Crippen MR) is 116 cm³/mol. The summed E-state index contributed by atoms with van der Waals surface area (Å²) in [7, 11) is 0. The number of hydrogen-bond acceptors (Lipinski definition) is 4. The molecule has 0 fully saturated rings. The van der Waals surface area contributed by atoms with Gasteiger partial charge in [0.05, 0.1) is 6.61 Å². The van der Waals surface area contributed by atoms with Crippen molar-refractivity contribution in [2.24, 2.45) is 0 Å². The quantitative estimate of drug-likeness (QED) is 0.191. The molecule has 0 aliphatic carbocycles. The fraction of sp³-hybridized carbons (Fsp3) is 0.952. The third-order valence-corrected chi connectivity index (χ3v) is 4.63. The molecule has 0 aliphatic rings. The van der Waals surface area contributed by atoms with Gasteiger partial charge in [-0.25, -0.2) is 0 Å². The van der Waals surface area contributed by atoms with Crippen LogP contribution in [-0.2, 0) is 9.53 Å². The monoisotopic (exact) mass is 418 g/mol. The second-order valence-electron chi connectivity index (χ2n) is 7.22. The summed E-state index contributed by atoms with van der Waals surface area (Å²) in [6, 6.07) is 0. The Morgan fingerprint density at radius 2 is 1.15 bits per heavy atom. The van der Waals surface area contributed by atoms with Gasteiger partial charge < -0.3 is 20.4 Å². The van der Waals surface area contributed by atoms with E-state index in [1.54, 1.807) is 0 Å². The summed E-state index contributed by atoms with van der Waals surface area (Å²) in [5.41, 5.74) is 0. The molecular weight excluding hydrogens is 372 g/mol. The topological polar surface area (TPSA) is 98.3 Å². The molecule has 0 saturated heterocycles. The Hall–Kier alpha value is 0.610. The van der Waals surface area contributed by atoms with Crippen molar-refractivity contribution < 1.29 is 25.2 Å². The van der Waals surface area contributed by atoms with Crippen molar-refractivity contribution in [3.63, 3.8) is 0 Å². The summed E-state index contributed by atoms with van der Waals surface area (Å²) >= 11 is 0. The molecule has 27 heavy (non-hydrogen) atoms. The molecule has 0 spiro atoms. The van der Waals surface area contributed by atoms with Crippen LogP contribution in [0.3, 0.4) is 0 Å². The van der Waals surface area contributed by atoms with Crippen molar-refractivity contribution in [1.29, 1.82) is 0 Å². The fourth-order valence-corrected chi connectivity index (χ4v) is 2.95. The van der Waals surface area contributed by atoms with Gasteiger partial charge in [-0.1, -0.05) is 96.8 Å². The molecule has 162 valence electrons. The minimum atomic E-state index is -0.954. The van der Waals surface area contributed by atoms with Crippen LogP contribution in [0.25, 0.3) is 0 Å². The van der Waals surface area contributed by atoms with Crippen molar-refractivity contribution >= 4 is 43.7 Å². The van der Waals surface area contributed by atoms with Crippen LogP contribution in [0.1, 0.15) is 110 Å². The number of rotatable bonds is 19. The molecule has 0 rings (SSSR count). The number of carbonyl (C=O) groups is 1. The number of ether oxygens (including phenoxy) is 1. The van der Waals surface area contributed by atoms with Crippen LogP contribution < -0.4 is 0 Å². The molecule has 0 heterocycles. The van der Waals surface area contributed by atoms with Crippen LogP contribution in [0, 0.1) is 0 Å². The van der Waals surface area contributed by atoms with Crippen molar-refractivity contribution in [2.45, 2.75) is 116 Å². The van der Waals surface area contributed by atoms with Crippen LogP contribution >= 0.6 is 0 Å². The molecule has 0 saturated carbocycles. The molecule has 0 aromatic heterocycles. The molecule has 0 aliphatic heterocycles. The summed E-state index contributed by atoms with van der Waals surface area (Å²) in [4.78, 5) is 11.4. The van der Waals surface area contributed by atoms with Crippen LogP contribution in [-0.4, -0.2) is 78.7 Å². The van der Waals surface area contributed by atoms with Gasteiger partial charge >= 0.3 is 43.7 Å². The summed E-state index contributed by atoms with van der Waals surface area (Å²) in [5, 5.41) is 17.7. The first-order valence-electron chi connectivity index (χ1n) is 10.6. The summed E-state index contributed by atoms with van der Waals surface area (Å²) < 4.78 is 4.86. The van der Waals surface area contributed by atoms with Gasteiger partial charge in [0.1, 0.15) is 12.7 Å². The van der Waals surface area contributed by atoms with Gasteiger partial charge in [-0.15, -0.1) is 0 Å². The van der Waals surface area contributed by atoms with E-state index in [0.717, 1.165) is 12.8 Å². The van der Waals surface area contributed by atoms with E-state index < -0.39 is 6.10 Å². The van der Waals surface area contributed by atoms with E-state index in [2.05, 4.69) is 6.92 Å².